The van der Waals surface area contributed by atoms with Crippen molar-refractivity contribution in [2.45, 2.75) is 32.5 Å². The Morgan fingerprint density at radius 2 is 2.00 bits per heavy atom. The number of hydrogen-bond acceptors (Lipinski definition) is 4. The number of ether oxygens (including phenoxy) is 1. The third kappa shape index (κ3) is 4.43. The maximum atomic E-state index is 12.2. The first-order valence-electron chi connectivity index (χ1n) is 7.25. The number of benzene rings is 1. The molecule has 25 heavy (non-hydrogen) atoms. The van der Waals surface area contributed by atoms with Crippen LogP contribution in [-0.4, -0.2) is 27.4 Å². The fraction of sp³-hybridized carbons (Fsp3) is 0.333. The van der Waals surface area contributed by atoms with E-state index in [4.69, 9.17) is 0 Å². The number of carbonyl (C=O) groups excluding carboxylic acids is 1. The van der Waals surface area contributed by atoms with E-state index in [0.29, 0.717) is 13.1 Å². The van der Waals surface area contributed by atoms with E-state index < -0.39 is 17.9 Å². The number of amides is 1. The van der Waals surface area contributed by atoms with Crippen LogP contribution in [0.2, 0.25) is 0 Å². The van der Waals surface area contributed by atoms with Crippen molar-refractivity contribution in [1.82, 2.24) is 14.9 Å². The minimum absolute atomic E-state index is 0. The van der Waals surface area contributed by atoms with E-state index in [9.17, 15) is 23.2 Å². The van der Waals surface area contributed by atoms with Gasteiger partial charge in [0.2, 0.25) is 5.91 Å². The van der Waals surface area contributed by atoms with Crippen molar-refractivity contribution >= 4 is 5.91 Å². The second-order valence-corrected chi connectivity index (χ2v) is 5.45. The van der Waals surface area contributed by atoms with Crippen molar-refractivity contribution in [1.29, 1.82) is 0 Å². The molecule has 10 heteroatoms. The van der Waals surface area contributed by atoms with Gasteiger partial charge in [-0.05, 0) is 23.3 Å². The van der Waals surface area contributed by atoms with E-state index in [2.05, 4.69) is 14.7 Å². The molecule has 0 unspecified atom stereocenters. The Kier molecular flexibility index (Phi) is 5.91. The summed E-state index contributed by atoms with van der Waals surface area (Å²) in [6.45, 7) is -2.23. The van der Waals surface area contributed by atoms with Crippen molar-refractivity contribution in [2.24, 2.45) is 0 Å². The van der Waals surface area contributed by atoms with Gasteiger partial charge in [-0.3, -0.25) is 9.59 Å². The van der Waals surface area contributed by atoms with Gasteiger partial charge in [0.15, 0.2) is 11.2 Å². The van der Waals surface area contributed by atoms with Gasteiger partial charge in [-0.1, -0.05) is 18.2 Å². The number of aryl methyl sites for hydroxylation is 1. The Hall–Kier alpha value is -2.26. The van der Waals surface area contributed by atoms with E-state index in [1.54, 1.807) is 11.0 Å². The van der Waals surface area contributed by atoms with Crippen molar-refractivity contribution in [3.05, 3.63) is 55.9 Å². The summed E-state index contributed by atoms with van der Waals surface area (Å²) >= 11 is 0. The van der Waals surface area contributed by atoms with Crippen LogP contribution in [0.4, 0.5) is 8.78 Å². The molecule has 1 aliphatic rings. The number of imidazole rings is 1. The third-order valence-electron chi connectivity index (χ3n) is 3.83. The molecule has 2 N–H and O–H groups in total. The first-order chi connectivity index (χ1) is 11.4. The molecular weight excluding hydrogens is 375 g/mol. The van der Waals surface area contributed by atoms with Crippen LogP contribution >= 0.6 is 0 Å². The molecule has 1 aromatic heterocycles. The molecular formula is C15H14F2N3O4V-. The Bertz CT molecular complexity index is 874. The molecule has 0 atom stereocenters. The Morgan fingerprint density at radius 3 is 2.64 bits per heavy atom. The number of aromatic nitrogens is 2. The molecule has 0 spiro atoms. The summed E-state index contributed by atoms with van der Waals surface area (Å²) in [6, 6.07) is 4.58. The second kappa shape index (κ2) is 7.75. The molecule has 7 nitrogen and oxygen atoms in total. The largest absolute Gasteiger partial charge is 0.464 e. The quantitative estimate of drug-likeness (QED) is 0.742. The van der Waals surface area contributed by atoms with Gasteiger partial charge in [0.05, 0.1) is 0 Å². The number of nitrogens with zero attached hydrogens (tertiary/aromatic N) is 1. The van der Waals surface area contributed by atoms with Crippen molar-refractivity contribution in [3.8, 4) is 5.75 Å². The molecule has 0 saturated carbocycles. The number of H-pyrrole nitrogens is 2. The van der Waals surface area contributed by atoms with Crippen LogP contribution in [0.5, 0.6) is 5.75 Å². The average Bonchev–Trinajstić information content (AvgIpc) is 3.06. The first kappa shape index (κ1) is 19.1. The average molecular weight is 389 g/mol. The zero-order chi connectivity index (χ0) is 17.3. The number of halogens is 2. The predicted molar refractivity (Wildman–Crippen MR) is 78.9 cm³/mol. The minimum Gasteiger partial charge on any atom is -0.464 e. The van der Waals surface area contributed by atoms with E-state index in [0.717, 1.165) is 11.1 Å². The van der Waals surface area contributed by atoms with Crippen LogP contribution in [0.15, 0.2) is 27.8 Å². The van der Waals surface area contributed by atoms with Crippen molar-refractivity contribution in [2.75, 3.05) is 0 Å². The molecule has 2 aromatic rings. The molecule has 0 bridgehead atoms. The van der Waals surface area contributed by atoms with E-state index in [-0.39, 0.29) is 48.7 Å². The van der Waals surface area contributed by atoms with Gasteiger partial charge in [-0.15, -0.1) is 0 Å². The molecule has 0 fully saturated rings. The van der Waals surface area contributed by atoms with E-state index in [1.807, 2.05) is 0 Å². The maximum absolute atomic E-state index is 12.2. The Labute approximate surface area is 152 Å². The summed E-state index contributed by atoms with van der Waals surface area (Å²) in [5.41, 5.74) is 0.664. The standard InChI is InChI=1S/C15H14F2N3O4.V/c16-14(17)24-10-2-1-8-6-20(7-9(8)5-10)12(21)4-3-11-13(22)19-15(23)18-11;/h1-2,5,14H,3-4,6-7H2,(H2,18,19,22,23);/q-1;. The normalized spacial score (nSPS) is 12.8. The van der Waals surface area contributed by atoms with Crippen LogP contribution in [0, 0.1) is 0 Å². The summed E-state index contributed by atoms with van der Waals surface area (Å²) in [5, 5.41) is 0. The van der Waals surface area contributed by atoms with Gasteiger partial charge in [0.1, 0.15) is 5.75 Å². The third-order valence-corrected chi connectivity index (χ3v) is 3.83. The fourth-order valence-electron chi connectivity index (χ4n) is 2.69. The minimum atomic E-state index is -2.90. The summed E-state index contributed by atoms with van der Waals surface area (Å²) in [7, 11) is 0. The summed E-state index contributed by atoms with van der Waals surface area (Å²) < 4.78 is 28.8. The SMILES string of the molecule is O=C(CC[c-]1[nH]c(=O)[nH]c1=O)N1Cc2ccc(OC(F)F)cc2C1.[V]. The van der Waals surface area contributed by atoms with Crippen molar-refractivity contribution in [3.63, 3.8) is 0 Å². The number of fused-ring (bicyclic) bond motifs is 1. The number of alkyl halides is 2. The zero-order valence-electron chi connectivity index (χ0n) is 12.9. The zero-order valence-corrected chi connectivity index (χ0v) is 14.3. The van der Waals surface area contributed by atoms with E-state index in [1.165, 1.54) is 12.1 Å². The van der Waals surface area contributed by atoms with Gasteiger partial charge in [0, 0.05) is 38.1 Å². The molecule has 1 amide bonds. The summed E-state index contributed by atoms with van der Waals surface area (Å²) in [4.78, 5) is 40.6. The molecule has 0 aliphatic carbocycles. The number of nitrogens with one attached hydrogen (secondary N) is 2. The molecule has 0 saturated heterocycles. The summed E-state index contributed by atoms with van der Waals surface area (Å²) in [5.74, 6) is -0.136. The van der Waals surface area contributed by atoms with E-state index >= 15 is 0 Å². The van der Waals surface area contributed by atoms with Gasteiger partial charge in [-0.2, -0.15) is 8.78 Å². The van der Waals surface area contributed by atoms with Crippen LogP contribution in [-0.2, 0) is 42.9 Å². The molecule has 1 aliphatic heterocycles. The Balaban J connectivity index is 0.00000225. The number of hydrogen-bond donors (Lipinski definition) is 2. The smallest absolute Gasteiger partial charge is 0.387 e. The maximum Gasteiger partial charge on any atom is 0.387 e. The van der Waals surface area contributed by atoms with Crippen LogP contribution < -0.4 is 16.0 Å². The van der Waals surface area contributed by atoms with Gasteiger partial charge in [0.25, 0.3) is 0 Å². The van der Waals surface area contributed by atoms with Crippen LogP contribution in [0.25, 0.3) is 0 Å². The Morgan fingerprint density at radius 1 is 1.28 bits per heavy atom. The van der Waals surface area contributed by atoms with Gasteiger partial charge >= 0.3 is 6.61 Å². The number of aromatic amines is 2. The molecule has 133 valence electrons. The van der Waals surface area contributed by atoms with Gasteiger partial charge < -0.3 is 24.4 Å². The molecule has 3 rings (SSSR count). The topological polar surface area (TPSA) is 95.3 Å². The fourth-order valence-corrected chi connectivity index (χ4v) is 2.69. The number of rotatable bonds is 5. The molecule has 1 radical (unpaired) electrons. The van der Waals surface area contributed by atoms with Gasteiger partial charge in [-0.25, -0.2) is 0 Å². The number of carbonyl (C=O) groups is 1. The summed E-state index contributed by atoms with van der Waals surface area (Å²) in [6.07, 6.45) is 0.195. The molecule has 1 aromatic carbocycles. The van der Waals surface area contributed by atoms with Crippen LogP contribution in [0.1, 0.15) is 23.2 Å². The second-order valence-electron chi connectivity index (χ2n) is 5.45. The molecule has 2 heterocycles. The monoisotopic (exact) mass is 389 g/mol. The van der Waals surface area contributed by atoms with Crippen LogP contribution in [0.3, 0.4) is 0 Å². The first-order valence-corrected chi connectivity index (χ1v) is 7.25. The van der Waals surface area contributed by atoms with Crippen molar-refractivity contribution < 1.29 is 36.9 Å². The predicted octanol–water partition coefficient (Wildman–Crippen LogP) is 0.856.